The number of nitrogens with zero attached hydrogens (tertiary/aromatic N) is 4. The summed E-state index contributed by atoms with van der Waals surface area (Å²) in [4.78, 5) is 27.9. The minimum Gasteiger partial charge on any atom is -0.368 e. The molecule has 0 saturated carbocycles. The van der Waals surface area contributed by atoms with Crippen LogP contribution in [0.25, 0.3) is 0 Å². The standard InChI is InChI=1S/C28H28N6O/c1-27(2)17-28(3,20-12-8-5-9-13-20)22-16-21(32-26-31-18-30-25(29)33-26)14-15-23(22)34(27)24(35)19-10-6-4-7-11-19/h4-16,18H,17H2,1-3H3,(H3,29,30,31,32,33). The van der Waals surface area contributed by atoms with Crippen LogP contribution in [0.5, 0.6) is 0 Å². The van der Waals surface area contributed by atoms with E-state index in [2.05, 4.69) is 71.4 Å². The molecule has 0 radical (unpaired) electrons. The molecule has 0 bridgehead atoms. The smallest absolute Gasteiger partial charge is 0.258 e. The second-order valence-corrected chi connectivity index (χ2v) is 9.72. The third-order valence-electron chi connectivity index (χ3n) is 6.70. The Labute approximate surface area is 205 Å². The average Bonchev–Trinajstić information content (AvgIpc) is 2.85. The van der Waals surface area contributed by atoms with Gasteiger partial charge in [0.2, 0.25) is 11.9 Å². The van der Waals surface area contributed by atoms with Crippen molar-refractivity contribution in [1.29, 1.82) is 0 Å². The molecule has 176 valence electrons. The molecule has 0 spiro atoms. The molecule has 7 heteroatoms. The molecule has 1 unspecified atom stereocenters. The minimum atomic E-state index is -0.428. The van der Waals surface area contributed by atoms with Gasteiger partial charge in [0.25, 0.3) is 5.91 Å². The van der Waals surface area contributed by atoms with E-state index in [1.54, 1.807) is 0 Å². The monoisotopic (exact) mass is 464 g/mol. The number of benzene rings is 3. The topological polar surface area (TPSA) is 97.0 Å². The molecule has 5 rings (SSSR count). The second-order valence-electron chi connectivity index (χ2n) is 9.72. The molecule has 0 aliphatic carbocycles. The van der Waals surface area contributed by atoms with Gasteiger partial charge in [0, 0.05) is 27.9 Å². The maximum atomic E-state index is 13.8. The lowest BCUT2D eigenvalue weighted by atomic mass is 9.65. The molecule has 1 aromatic heterocycles. The minimum absolute atomic E-state index is 0.0158. The van der Waals surface area contributed by atoms with E-state index in [4.69, 9.17) is 5.73 Å². The highest BCUT2D eigenvalue weighted by molar-refractivity contribution is 6.08. The van der Waals surface area contributed by atoms with Crippen molar-refractivity contribution < 1.29 is 4.79 Å². The van der Waals surface area contributed by atoms with E-state index in [0.29, 0.717) is 11.5 Å². The van der Waals surface area contributed by atoms with Crippen LogP contribution < -0.4 is 16.0 Å². The Morgan fingerprint density at radius 2 is 1.63 bits per heavy atom. The fourth-order valence-electron chi connectivity index (χ4n) is 5.27. The van der Waals surface area contributed by atoms with Crippen molar-refractivity contribution in [1.82, 2.24) is 15.0 Å². The van der Waals surface area contributed by atoms with Crippen LogP contribution >= 0.6 is 0 Å². The summed E-state index contributed by atoms with van der Waals surface area (Å²) in [5, 5.41) is 3.23. The van der Waals surface area contributed by atoms with E-state index < -0.39 is 5.54 Å². The van der Waals surface area contributed by atoms with Gasteiger partial charge in [-0.1, -0.05) is 55.5 Å². The molecule has 2 heterocycles. The summed E-state index contributed by atoms with van der Waals surface area (Å²) in [5.74, 6) is 0.501. The van der Waals surface area contributed by atoms with Crippen molar-refractivity contribution in [3.05, 3.63) is 102 Å². The second kappa shape index (κ2) is 8.51. The summed E-state index contributed by atoms with van der Waals surface area (Å²) in [5.41, 5.74) is 9.59. The molecule has 4 aromatic rings. The van der Waals surface area contributed by atoms with Crippen molar-refractivity contribution in [3.63, 3.8) is 0 Å². The van der Waals surface area contributed by atoms with Crippen LogP contribution in [0.15, 0.2) is 85.2 Å². The summed E-state index contributed by atoms with van der Waals surface area (Å²) >= 11 is 0. The summed E-state index contributed by atoms with van der Waals surface area (Å²) in [7, 11) is 0. The fraction of sp³-hybridized carbons (Fsp3) is 0.214. The van der Waals surface area contributed by atoms with E-state index in [1.165, 1.54) is 11.9 Å². The predicted octanol–water partition coefficient (Wildman–Crippen LogP) is 5.33. The van der Waals surface area contributed by atoms with Gasteiger partial charge < -0.3 is 16.0 Å². The van der Waals surface area contributed by atoms with Gasteiger partial charge in [-0.3, -0.25) is 4.79 Å². The third kappa shape index (κ3) is 4.10. The number of amides is 1. The highest BCUT2D eigenvalue weighted by Gasteiger charge is 2.48. The molecule has 1 amide bonds. The Bertz CT molecular complexity index is 1370. The highest BCUT2D eigenvalue weighted by Crippen LogP contribution is 2.51. The Balaban J connectivity index is 1.67. The van der Waals surface area contributed by atoms with Crippen LogP contribution in [0.2, 0.25) is 0 Å². The number of anilines is 4. The summed E-state index contributed by atoms with van der Waals surface area (Å²) in [6.07, 6.45) is 2.12. The number of rotatable bonds is 4. The first-order chi connectivity index (χ1) is 16.8. The number of hydrogen-bond acceptors (Lipinski definition) is 6. The number of hydrogen-bond donors (Lipinski definition) is 2. The molecule has 0 fully saturated rings. The first kappa shape index (κ1) is 22.5. The van der Waals surface area contributed by atoms with Crippen LogP contribution in [-0.4, -0.2) is 26.4 Å². The molecule has 7 nitrogen and oxygen atoms in total. The van der Waals surface area contributed by atoms with Crippen molar-refractivity contribution in [2.75, 3.05) is 16.0 Å². The quantitative estimate of drug-likeness (QED) is 0.424. The van der Waals surface area contributed by atoms with Crippen molar-refractivity contribution in [3.8, 4) is 0 Å². The van der Waals surface area contributed by atoms with Crippen LogP contribution in [0.1, 0.15) is 48.7 Å². The fourth-order valence-corrected chi connectivity index (χ4v) is 5.27. The maximum absolute atomic E-state index is 13.8. The zero-order chi connectivity index (χ0) is 24.6. The van der Waals surface area contributed by atoms with Gasteiger partial charge in [0.15, 0.2) is 0 Å². The number of nitrogen functional groups attached to an aromatic ring is 1. The Hall–Kier alpha value is -4.26. The Kier molecular flexibility index (Phi) is 5.47. The zero-order valence-electron chi connectivity index (χ0n) is 20.1. The van der Waals surface area contributed by atoms with Gasteiger partial charge in [-0.15, -0.1) is 0 Å². The summed E-state index contributed by atoms with van der Waals surface area (Å²) < 4.78 is 0. The number of carbonyl (C=O) groups excluding carboxylic acids is 1. The molecular formula is C28H28N6O. The van der Waals surface area contributed by atoms with Crippen molar-refractivity contribution in [2.24, 2.45) is 0 Å². The molecule has 3 aromatic carbocycles. The van der Waals surface area contributed by atoms with Crippen LogP contribution in [0, 0.1) is 0 Å². The van der Waals surface area contributed by atoms with Crippen molar-refractivity contribution in [2.45, 2.75) is 38.1 Å². The number of carbonyl (C=O) groups is 1. The van der Waals surface area contributed by atoms with Gasteiger partial charge >= 0.3 is 0 Å². The van der Waals surface area contributed by atoms with Gasteiger partial charge in [0.05, 0.1) is 0 Å². The predicted molar refractivity (Wildman–Crippen MR) is 139 cm³/mol. The number of fused-ring (bicyclic) bond motifs is 1. The molecule has 3 N–H and O–H groups in total. The SMILES string of the molecule is CC1(c2ccccc2)CC(C)(C)N(C(=O)c2ccccc2)c2ccc(Nc3ncnc(N)n3)cc21. The van der Waals surface area contributed by atoms with Crippen LogP contribution in [-0.2, 0) is 5.41 Å². The number of nitrogens with one attached hydrogen (secondary N) is 1. The first-order valence-electron chi connectivity index (χ1n) is 11.6. The molecule has 35 heavy (non-hydrogen) atoms. The van der Waals surface area contributed by atoms with E-state index >= 15 is 0 Å². The molecule has 1 aliphatic rings. The van der Waals surface area contributed by atoms with Gasteiger partial charge in [-0.05, 0) is 61.7 Å². The van der Waals surface area contributed by atoms with Gasteiger partial charge in [-0.25, -0.2) is 9.97 Å². The van der Waals surface area contributed by atoms with E-state index in [9.17, 15) is 4.79 Å². The largest absolute Gasteiger partial charge is 0.368 e. The Morgan fingerprint density at radius 1 is 0.943 bits per heavy atom. The molecule has 1 atom stereocenters. The maximum Gasteiger partial charge on any atom is 0.258 e. The number of aromatic nitrogens is 3. The normalized spacial score (nSPS) is 18.5. The summed E-state index contributed by atoms with van der Waals surface area (Å²) in [6, 6.07) is 25.9. The first-order valence-corrected chi connectivity index (χ1v) is 11.6. The lowest BCUT2D eigenvalue weighted by Gasteiger charge is -2.51. The van der Waals surface area contributed by atoms with Crippen LogP contribution in [0.3, 0.4) is 0 Å². The third-order valence-corrected chi connectivity index (χ3v) is 6.70. The summed E-state index contributed by atoms with van der Waals surface area (Å²) in [6.45, 7) is 6.52. The van der Waals surface area contributed by atoms with E-state index in [-0.39, 0.29) is 17.3 Å². The molecule has 1 aliphatic heterocycles. The van der Waals surface area contributed by atoms with E-state index in [1.807, 2.05) is 53.4 Å². The zero-order valence-corrected chi connectivity index (χ0v) is 20.1. The highest BCUT2D eigenvalue weighted by atomic mass is 16.2. The van der Waals surface area contributed by atoms with Crippen LogP contribution in [0.4, 0.5) is 23.3 Å². The van der Waals surface area contributed by atoms with Gasteiger partial charge in [-0.2, -0.15) is 4.98 Å². The van der Waals surface area contributed by atoms with E-state index in [0.717, 1.165) is 23.4 Å². The Morgan fingerprint density at radius 3 is 2.31 bits per heavy atom. The molecule has 0 saturated heterocycles. The lowest BCUT2D eigenvalue weighted by Crippen LogP contribution is -2.55. The van der Waals surface area contributed by atoms with Gasteiger partial charge in [0.1, 0.15) is 6.33 Å². The molecular weight excluding hydrogens is 436 g/mol. The number of nitrogens with two attached hydrogens (primary N) is 1. The lowest BCUT2D eigenvalue weighted by molar-refractivity contribution is 0.0948. The average molecular weight is 465 g/mol. The van der Waals surface area contributed by atoms with Crippen molar-refractivity contribution >= 4 is 29.2 Å².